The standard InChI is InChI=1S/C14H12Br2N2OS.C13H12N2O2S.C12H16Br2N2OS/c15-11-6-10(7-12(16)13(11)19)18-14(20)17-8-9-4-2-1-3-5-9;16-10-6-7-11(12(17)8-10)15-13(18)14-9-4-2-1-3-5-9;1-2-3-4-5-15-12(18)16-8-6-9(13)11(17)10(14)7-8/h1-7,19H,8H2,(H2,17,18,20);1-8,16-17H,(H2,14,15,18);6-7,17H,2-5H2,1H3,(H2,15,16,18). The van der Waals surface area contributed by atoms with Crippen LogP contribution in [0.2, 0.25) is 0 Å². The van der Waals surface area contributed by atoms with E-state index in [1.165, 1.54) is 25.0 Å². The molecule has 0 radical (unpaired) electrons. The number of benzene rings is 5. The summed E-state index contributed by atoms with van der Waals surface area (Å²) >= 11 is 28.7. The third-order valence-electron chi connectivity index (χ3n) is 7.17. The van der Waals surface area contributed by atoms with Gasteiger partial charge in [-0.2, -0.15) is 0 Å². The van der Waals surface area contributed by atoms with Crippen molar-refractivity contribution in [1.29, 1.82) is 0 Å². The first-order chi connectivity index (χ1) is 26.7. The topological polar surface area (TPSA) is 153 Å². The predicted octanol–water partition coefficient (Wildman–Crippen LogP) is 11.7. The van der Waals surface area contributed by atoms with Crippen molar-refractivity contribution in [3.8, 4) is 23.0 Å². The first-order valence-electron chi connectivity index (χ1n) is 16.9. The first kappa shape index (κ1) is 46.7. The van der Waals surface area contributed by atoms with Crippen molar-refractivity contribution in [3.63, 3.8) is 0 Å². The SMILES string of the molecule is CCCCCNC(=S)Nc1cc(Br)c(O)c(Br)c1.Oc1c(Br)cc(NC(=S)NCc2ccccc2)cc1Br.Oc1ccc(NC(=S)Nc2ccccc2)c(O)c1. The third-order valence-corrected chi connectivity index (χ3v) is 10.3. The molecule has 296 valence electrons. The van der Waals surface area contributed by atoms with E-state index in [2.05, 4.69) is 103 Å². The normalized spacial score (nSPS) is 10.0. The Hall–Kier alpha value is -3.71. The largest absolute Gasteiger partial charge is 0.508 e. The summed E-state index contributed by atoms with van der Waals surface area (Å²) in [6, 6.07) is 30.8. The maximum absolute atomic E-state index is 9.65. The molecule has 0 unspecified atom stereocenters. The van der Waals surface area contributed by atoms with E-state index in [1.807, 2.05) is 60.7 Å². The summed E-state index contributed by atoms with van der Waals surface area (Å²) < 4.78 is 2.43. The second-order valence-electron chi connectivity index (χ2n) is 11.6. The lowest BCUT2D eigenvalue weighted by Crippen LogP contribution is -2.29. The van der Waals surface area contributed by atoms with Crippen LogP contribution in [-0.2, 0) is 6.54 Å². The Morgan fingerprint density at radius 2 is 1.02 bits per heavy atom. The molecule has 10 N–H and O–H groups in total. The van der Waals surface area contributed by atoms with Gasteiger partial charge in [-0.25, -0.2) is 0 Å². The monoisotopic (exact) mass is 1070 g/mol. The van der Waals surface area contributed by atoms with Crippen molar-refractivity contribution < 1.29 is 20.4 Å². The molecule has 5 rings (SSSR count). The predicted molar refractivity (Wildman–Crippen MR) is 256 cm³/mol. The molecule has 56 heavy (non-hydrogen) atoms. The molecule has 0 saturated heterocycles. The van der Waals surface area contributed by atoms with Gasteiger partial charge in [-0.1, -0.05) is 68.3 Å². The zero-order valence-electron chi connectivity index (χ0n) is 29.9. The van der Waals surface area contributed by atoms with Crippen LogP contribution >= 0.6 is 100 Å². The van der Waals surface area contributed by atoms with Gasteiger partial charge in [0, 0.05) is 36.2 Å². The average Bonchev–Trinajstić information content (AvgIpc) is 3.16. The second kappa shape index (κ2) is 24.8. The molecule has 0 aliphatic heterocycles. The van der Waals surface area contributed by atoms with E-state index in [1.54, 1.807) is 30.3 Å². The van der Waals surface area contributed by atoms with Crippen LogP contribution in [0.25, 0.3) is 0 Å². The van der Waals surface area contributed by atoms with Crippen molar-refractivity contribution in [2.75, 3.05) is 27.8 Å². The zero-order chi connectivity index (χ0) is 41.0. The Kier molecular flexibility index (Phi) is 20.7. The second-order valence-corrected chi connectivity index (χ2v) is 16.2. The highest BCUT2D eigenvalue weighted by atomic mass is 79.9. The third kappa shape index (κ3) is 17.2. The van der Waals surface area contributed by atoms with E-state index in [0.29, 0.717) is 45.5 Å². The number of unbranched alkanes of at least 4 members (excludes halogenated alkanes) is 2. The lowest BCUT2D eigenvalue weighted by molar-refractivity contribution is 0.452. The van der Waals surface area contributed by atoms with Gasteiger partial charge >= 0.3 is 0 Å². The van der Waals surface area contributed by atoms with Crippen LogP contribution in [0.5, 0.6) is 23.0 Å². The van der Waals surface area contributed by atoms with E-state index in [9.17, 15) is 20.4 Å². The van der Waals surface area contributed by atoms with Gasteiger partial charge in [0.2, 0.25) is 0 Å². The van der Waals surface area contributed by atoms with Gasteiger partial charge in [0.1, 0.15) is 23.0 Å². The molecule has 0 aliphatic rings. The smallest absolute Gasteiger partial charge is 0.175 e. The number of rotatable bonds is 10. The molecular weight excluding hydrogens is 1030 g/mol. The van der Waals surface area contributed by atoms with Crippen LogP contribution in [0.1, 0.15) is 31.7 Å². The van der Waals surface area contributed by atoms with E-state index in [-0.39, 0.29) is 23.0 Å². The van der Waals surface area contributed by atoms with Gasteiger partial charge in [-0.3, -0.25) is 0 Å². The van der Waals surface area contributed by atoms with Crippen molar-refractivity contribution in [2.24, 2.45) is 0 Å². The molecule has 0 aromatic heterocycles. The van der Waals surface area contributed by atoms with E-state index in [4.69, 9.17) is 36.7 Å². The van der Waals surface area contributed by atoms with Gasteiger partial charge in [-0.15, -0.1) is 0 Å². The Balaban J connectivity index is 0.000000226. The van der Waals surface area contributed by atoms with E-state index < -0.39 is 0 Å². The number of nitrogens with one attached hydrogen (secondary N) is 6. The number of phenolic OH excluding ortho intramolecular Hbond substituents is 4. The van der Waals surface area contributed by atoms with Crippen LogP contribution in [-0.4, -0.2) is 42.3 Å². The fourth-order valence-corrected chi connectivity index (χ4v) is 7.42. The molecule has 0 atom stereocenters. The number of anilines is 4. The lowest BCUT2D eigenvalue weighted by atomic mass is 10.2. The van der Waals surface area contributed by atoms with E-state index in [0.717, 1.165) is 35.6 Å². The summed E-state index contributed by atoms with van der Waals surface area (Å²) in [6.07, 6.45) is 3.51. The minimum atomic E-state index is -0.0628. The first-order valence-corrected chi connectivity index (χ1v) is 21.3. The molecule has 0 heterocycles. The molecule has 0 saturated carbocycles. The Morgan fingerprint density at radius 3 is 1.52 bits per heavy atom. The fourth-order valence-electron chi connectivity index (χ4n) is 4.41. The lowest BCUT2D eigenvalue weighted by Gasteiger charge is -2.12. The number of phenols is 4. The molecular formula is C39H40Br4N6O4S3. The van der Waals surface area contributed by atoms with Crippen molar-refractivity contribution in [2.45, 2.75) is 32.7 Å². The number of hydrogen-bond acceptors (Lipinski definition) is 7. The Morgan fingerprint density at radius 1 is 0.536 bits per heavy atom. The molecule has 0 fully saturated rings. The summed E-state index contributed by atoms with van der Waals surface area (Å²) in [4.78, 5) is 0. The van der Waals surface area contributed by atoms with Crippen molar-refractivity contribution in [3.05, 3.63) is 127 Å². The van der Waals surface area contributed by atoms with Crippen molar-refractivity contribution >= 4 is 138 Å². The molecule has 5 aromatic carbocycles. The maximum atomic E-state index is 9.65. The molecule has 0 spiro atoms. The van der Waals surface area contributed by atoms with Crippen molar-refractivity contribution in [1.82, 2.24) is 10.6 Å². The summed E-state index contributed by atoms with van der Waals surface area (Å²) in [6.45, 7) is 3.70. The number of para-hydroxylation sites is 1. The van der Waals surface area contributed by atoms with Crippen LogP contribution < -0.4 is 31.9 Å². The summed E-state index contributed by atoms with van der Waals surface area (Å²) in [5.74, 6) is 0.285. The number of thiocarbonyl (C=S) groups is 3. The van der Waals surface area contributed by atoms with Gasteiger partial charge in [0.05, 0.1) is 23.6 Å². The molecule has 0 bridgehead atoms. The van der Waals surface area contributed by atoms with Crippen LogP contribution in [0, 0.1) is 0 Å². The van der Waals surface area contributed by atoms with Gasteiger partial charge in [-0.05, 0) is 161 Å². The van der Waals surface area contributed by atoms with Gasteiger partial charge < -0.3 is 52.3 Å². The maximum Gasteiger partial charge on any atom is 0.175 e. The highest BCUT2D eigenvalue weighted by molar-refractivity contribution is 9.11. The summed E-state index contributed by atoms with van der Waals surface area (Å²) in [7, 11) is 0. The quantitative estimate of drug-likeness (QED) is 0.0280. The van der Waals surface area contributed by atoms with Gasteiger partial charge in [0.25, 0.3) is 0 Å². The molecule has 17 heteroatoms. The average molecular weight is 1070 g/mol. The van der Waals surface area contributed by atoms with E-state index >= 15 is 0 Å². The van der Waals surface area contributed by atoms with Crippen LogP contribution in [0.3, 0.4) is 0 Å². The highest BCUT2D eigenvalue weighted by Gasteiger charge is 2.09. The number of hydrogen-bond donors (Lipinski definition) is 10. The molecule has 5 aromatic rings. The molecule has 0 amide bonds. The minimum Gasteiger partial charge on any atom is -0.508 e. The zero-order valence-corrected chi connectivity index (χ0v) is 38.7. The minimum absolute atomic E-state index is 0.0000121. The Bertz CT molecular complexity index is 2020. The Labute approximate surface area is 376 Å². The highest BCUT2D eigenvalue weighted by Crippen LogP contribution is 2.36. The molecule has 10 nitrogen and oxygen atoms in total. The fraction of sp³-hybridized carbons (Fsp3) is 0.154. The summed E-state index contributed by atoms with van der Waals surface area (Å²) in [5, 5.41) is 57.7. The van der Waals surface area contributed by atoms with Crippen LogP contribution in [0.15, 0.2) is 121 Å². The number of halogens is 4. The number of aromatic hydroxyl groups is 4. The van der Waals surface area contributed by atoms with Crippen LogP contribution in [0.4, 0.5) is 22.7 Å². The van der Waals surface area contributed by atoms with Gasteiger partial charge in [0.15, 0.2) is 15.3 Å². The molecule has 0 aliphatic carbocycles. The summed E-state index contributed by atoms with van der Waals surface area (Å²) in [5.41, 5.74) is 4.05.